The van der Waals surface area contributed by atoms with Gasteiger partial charge in [-0.25, -0.2) is 8.42 Å². The molecule has 0 unspecified atom stereocenters. The number of hydrogen-bond donors (Lipinski definition) is 0. The molecule has 112 valence electrons. The molecule has 1 aromatic heterocycles. The summed E-state index contributed by atoms with van der Waals surface area (Å²) in [5.41, 5.74) is 0.469. The third-order valence-corrected chi connectivity index (χ3v) is 4.87. The third kappa shape index (κ3) is 3.58. The van der Waals surface area contributed by atoms with Gasteiger partial charge in [-0.2, -0.15) is 5.26 Å². The Labute approximate surface area is 129 Å². The highest BCUT2D eigenvalue weighted by Crippen LogP contribution is 2.29. The first-order chi connectivity index (χ1) is 9.74. The number of hydrogen-bond acceptors (Lipinski definition) is 3. The summed E-state index contributed by atoms with van der Waals surface area (Å²) in [7, 11) is 1.73. The third-order valence-electron chi connectivity index (χ3n) is 3.52. The highest BCUT2D eigenvalue weighted by molar-refractivity contribution is 8.14. The second-order valence-electron chi connectivity index (χ2n) is 5.74. The number of aryl methyl sites for hydroxylation is 1. The SMILES string of the molecule is CC(C)(C#N)CCCn1cc(S(=O)(=O)Cl)c2ccccc21. The van der Waals surface area contributed by atoms with Gasteiger partial charge in [-0.05, 0) is 32.8 Å². The van der Waals surface area contributed by atoms with E-state index >= 15 is 0 Å². The molecule has 0 saturated carbocycles. The fourth-order valence-electron chi connectivity index (χ4n) is 2.34. The number of halogens is 1. The van der Waals surface area contributed by atoms with Gasteiger partial charge in [-0.15, -0.1) is 0 Å². The molecule has 0 N–H and O–H groups in total. The molecule has 1 aromatic carbocycles. The number of rotatable bonds is 5. The van der Waals surface area contributed by atoms with E-state index in [1.807, 2.05) is 30.5 Å². The van der Waals surface area contributed by atoms with Gasteiger partial charge < -0.3 is 4.57 Å². The van der Waals surface area contributed by atoms with Gasteiger partial charge in [0.1, 0.15) is 4.90 Å². The molecule has 1 heterocycles. The number of nitrogens with zero attached hydrogens (tertiary/aromatic N) is 2. The van der Waals surface area contributed by atoms with Gasteiger partial charge >= 0.3 is 0 Å². The van der Waals surface area contributed by atoms with E-state index in [9.17, 15) is 8.42 Å². The minimum absolute atomic E-state index is 0.138. The van der Waals surface area contributed by atoms with Crippen molar-refractivity contribution in [3.8, 4) is 6.07 Å². The standard InChI is InChI=1S/C15H17ClN2O2S/c1-15(2,11-17)8-5-9-18-10-14(21(16,19)20)12-6-3-4-7-13(12)18/h3-4,6-7,10H,5,8-9H2,1-2H3. The first kappa shape index (κ1) is 15.9. The lowest BCUT2D eigenvalue weighted by atomic mass is 9.90. The minimum atomic E-state index is -3.77. The number of aromatic nitrogens is 1. The van der Waals surface area contributed by atoms with Crippen molar-refractivity contribution < 1.29 is 8.42 Å². The predicted molar refractivity (Wildman–Crippen MR) is 83.6 cm³/mol. The van der Waals surface area contributed by atoms with Crippen LogP contribution in [0.4, 0.5) is 0 Å². The molecule has 0 aliphatic carbocycles. The van der Waals surface area contributed by atoms with Gasteiger partial charge in [-0.1, -0.05) is 18.2 Å². The molecular weight excluding hydrogens is 308 g/mol. The zero-order chi connectivity index (χ0) is 15.7. The number of fused-ring (bicyclic) bond motifs is 1. The first-order valence-electron chi connectivity index (χ1n) is 6.68. The first-order valence-corrected chi connectivity index (χ1v) is 8.99. The van der Waals surface area contributed by atoms with Crippen molar-refractivity contribution in [1.82, 2.24) is 4.57 Å². The van der Waals surface area contributed by atoms with Gasteiger partial charge in [0.25, 0.3) is 9.05 Å². The molecule has 0 fully saturated rings. The molecule has 21 heavy (non-hydrogen) atoms. The van der Waals surface area contributed by atoms with Gasteiger partial charge in [0.2, 0.25) is 0 Å². The maximum atomic E-state index is 11.6. The van der Waals surface area contributed by atoms with Crippen molar-refractivity contribution in [1.29, 1.82) is 5.26 Å². The summed E-state index contributed by atoms with van der Waals surface area (Å²) >= 11 is 0. The van der Waals surface area contributed by atoms with Crippen LogP contribution in [0.3, 0.4) is 0 Å². The molecule has 2 rings (SSSR count). The van der Waals surface area contributed by atoms with Gasteiger partial charge in [0.05, 0.1) is 11.5 Å². The Balaban J connectivity index is 2.32. The smallest absolute Gasteiger partial charge is 0.263 e. The Morgan fingerprint density at radius 1 is 1.33 bits per heavy atom. The second kappa shape index (κ2) is 5.70. The Morgan fingerprint density at radius 3 is 2.62 bits per heavy atom. The van der Waals surface area contributed by atoms with Crippen molar-refractivity contribution >= 4 is 30.6 Å². The highest BCUT2D eigenvalue weighted by atomic mass is 35.7. The van der Waals surface area contributed by atoms with E-state index in [2.05, 4.69) is 6.07 Å². The molecule has 0 aliphatic rings. The predicted octanol–water partition coefficient (Wildman–Crippen LogP) is 3.90. The average Bonchev–Trinajstić information content (AvgIpc) is 2.78. The van der Waals surface area contributed by atoms with Crippen LogP contribution in [0.2, 0.25) is 0 Å². The van der Waals surface area contributed by atoms with E-state index in [1.165, 1.54) is 0 Å². The van der Waals surface area contributed by atoms with Gasteiger partial charge in [-0.3, -0.25) is 0 Å². The van der Waals surface area contributed by atoms with Crippen molar-refractivity contribution in [2.45, 2.75) is 38.1 Å². The van der Waals surface area contributed by atoms with Crippen LogP contribution >= 0.6 is 10.7 Å². The Morgan fingerprint density at radius 2 is 2.00 bits per heavy atom. The van der Waals surface area contributed by atoms with Crippen LogP contribution in [0.25, 0.3) is 10.9 Å². The van der Waals surface area contributed by atoms with E-state index in [4.69, 9.17) is 15.9 Å². The average molecular weight is 325 g/mol. The van der Waals surface area contributed by atoms with Crippen LogP contribution in [0, 0.1) is 16.7 Å². The number of para-hydroxylation sites is 1. The molecule has 0 spiro atoms. The summed E-state index contributed by atoms with van der Waals surface area (Å²) in [4.78, 5) is 0.138. The monoisotopic (exact) mass is 324 g/mol. The second-order valence-corrected chi connectivity index (χ2v) is 8.28. The number of benzene rings is 1. The zero-order valence-corrected chi connectivity index (χ0v) is 13.6. The van der Waals surface area contributed by atoms with Crippen LogP contribution in [0.5, 0.6) is 0 Å². The summed E-state index contributed by atoms with van der Waals surface area (Å²) in [6.45, 7) is 4.45. The minimum Gasteiger partial charge on any atom is -0.346 e. The van der Waals surface area contributed by atoms with Crippen molar-refractivity contribution in [3.63, 3.8) is 0 Å². The summed E-state index contributed by atoms with van der Waals surface area (Å²) in [5.74, 6) is 0. The molecule has 0 bridgehead atoms. The molecule has 4 nitrogen and oxygen atoms in total. The fourth-order valence-corrected chi connectivity index (χ4v) is 3.40. The normalized spacial score (nSPS) is 12.5. The fraction of sp³-hybridized carbons (Fsp3) is 0.400. The molecule has 0 atom stereocenters. The van der Waals surface area contributed by atoms with Crippen LogP contribution in [0.1, 0.15) is 26.7 Å². The Hall–Kier alpha value is -1.51. The van der Waals surface area contributed by atoms with Crippen LogP contribution in [-0.2, 0) is 15.6 Å². The molecule has 0 aliphatic heterocycles. The molecule has 0 saturated heterocycles. The maximum absolute atomic E-state index is 11.6. The Kier molecular flexibility index (Phi) is 4.31. The van der Waals surface area contributed by atoms with Crippen molar-refractivity contribution in [2.75, 3.05) is 0 Å². The van der Waals surface area contributed by atoms with E-state index < -0.39 is 9.05 Å². The van der Waals surface area contributed by atoms with Gasteiger partial charge in [0.15, 0.2) is 0 Å². The summed E-state index contributed by atoms with van der Waals surface area (Å²) in [5, 5.41) is 9.65. The highest BCUT2D eigenvalue weighted by Gasteiger charge is 2.19. The lowest BCUT2D eigenvalue weighted by molar-refractivity contribution is 0.417. The Bertz CT molecular complexity index is 801. The zero-order valence-electron chi connectivity index (χ0n) is 12.0. The lowest BCUT2D eigenvalue weighted by Crippen LogP contribution is -2.09. The van der Waals surface area contributed by atoms with Crippen LogP contribution < -0.4 is 0 Å². The van der Waals surface area contributed by atoms with Crippen molar-refractivity contribution in [2.24, 2.45) is 5.41 Å². The summed E-state index contributed by atoms with van der Waals surface area (Å²) in [6, 6.07) is 9.54. The maximum Gasteiger partial charge on any atom is 0.263 e. The van der Waals surface area contributed by atoms with E-state index in [0.29, 0.717) is 11.9 Å². The topological polar surface area (TPSA) is 62.9 Å². The van der Waals surface area contributed by atoms with Gasteiger partial charge in [0, 0.05) is 34.3 Å². The quantitative estimate of drug-likeness (QED) is 0.783. The largest absolute Gasteiger partial charge is 0.346 e. The lowest BCUT2D eigenvalue weighted by Gasteiger charge is -2.15. The van der Waals surface area contributed by atoms with Crippen LogP contribution in [-0.4, -0.2) is 13.0 Å². The van der Waals surface area contributed by atoms with E-state index in [1.54, 1.807) is 18.3 Å². The molecule has 6 heteroatoms. The summed E-state index contributed by atoms with van der Waals surface area (Å²) < 4.78 is 25.2. The van der Waals surface area contributed by atoms with E-state index in [-0.39, 0.29) is 10.3 Å². The van der Waals surface area contributed by atoms with E-state index in [0.717, 1.165) is 18.4 Å². The number of nitriles is 1. The molecular formula is C15H17ClN2O2S. The molecule has 0 radical (unpaired) electrons. The molecule has 0 amide bonds. The molecule has 2 aromatic rings. The van der Waals surface area contributed by atoms with Crippen LogP contribution in [0.15, 0.2) is 35.4 Å². The van der Waals surface area contributed by atoms with Crippen molar-refractivity contribution in [3.05, 3.63) is 30.5 Å². The summed E-state index contributed by atoms with van der Waals surface area (Å²) in [6.07, 6.45) is 3.12.